The lowest BCUT2D eigenvalue weighted by atomic mass is 9.94. The number of hydrogen-bond acceptors (Lipinski definition) is 7. The van der Waals surface area contributed by atoms with Gasteiger partial charge in [-0.1, -0.05) is 6.07 Å². The third kappa shape index (κ3) is 4.12. The largest absolute Gasteiger partial charge is 0.352 e. The summed E-state index contributed by atoms with van der Waals surface area (Å²) in [5.74, 6) is -0.446. The van der Waals surface area contributed by atoms with Gasteiger partial charge in [0.1, 0.15) is 0 Å². The minimum Gasteiger partial charge on any atom is -0.352 e. The van der Waals surface area contributed by atoms with Crippen molar-refractivity contribution in [2.75, 3.05) is 20.1 Å². The van der Waals surface area contributed by atoms with E-state index in [1.54, 1.807) is 12.4 Å². The highest BCUT2D eigenvalue weighted by Gasteiger charge is 2.33. The van der Waals surface area contributed by atoms with E-state index in [9.17, 15) is 25.0 Å². The minimum absolute atomic E-state index is 0.0912. The van der Waals surface area contributed by atoms with Crippen LogP contribution in [0.2, 0.25) is 0 Å². The van der Waals surface area contributed by atoms with E-state index in [0.29, 0.717) is 6.54 Å². The fourth-order valence-electron chi connectivity index (χ4n) is 3.58. The predicted octanol–water partition coefficient (Wildman–Crippen LogP) is 2.32. The predicted molar refractivity (Wildman–Crippen MR) is 99.8 cm³/mol. The van der Waals surface area contributed by atoms with Gasteiger partial charge in [0.25, 0.3) is 17.3 Å². The first-order chi connectivity index (χ1) is 13.4. The highest BCUT2D eigenvalue weighted by atomic mass is 16.6. The molecule has 28 heavy (non-hydrogen) atoms. The number of nitrogens with one attached hydrogen (secondary N) is 1. The summed E-state index contributed by atoms with van der Waals surface area (Å²) in [5, 5.41) is 24.7. The quantitative estimate of drug-likeness (QED) is 0.596. The molecule has 0 saturated carbocycles. The van der Waals surface area contributed by atoms with Crippen molar-refractivity contribution in [2.24, 2.45) is 5.92 Å². The Labute approximate surface area is 160 Å². The van der Waals surface area contributed by atoms with Crippen molar-refractivity contribution in [1.82, 2.24) is 15.2 Å². The van der Waals surface area contributed by atoms with Crippen LogP contribution >= 0.6 is 0 Å². The molecule has 1 aromatic carbocycles. The Bertz CT molecular complexity index is 872. The molecule has 1 aliphatic rings. The van der Waals surface area contributed by atoms with E-state index in [1.165, 1.54) is 0 Å². The molecule has 1 aromatic heterocycles. The molecule has 10 heteroatoms. The van der Waals surface area contributed by atoms with Gasteiger partial charge in [0.05, 0.1) is 21.5 Å². The summed E-state index contributed by atoms with van der Waals surface area (Å²) in [5.41, 5.74) is -0.0423. The van der Waals surface area contributed by atoms with E-state index in [1.807, 2.05) is 19.2 Å². The van der Waals surface area contributed by atoms with Crippen LogP contribution in [0.4, 0.5) is 11.4 Å². The second-order valence-electron chi connectivity index (χ2n) is 6.72. The average molecular weight is 385 g/mol. The summed E-state index contributed by atoms with van der Waals surface area (Å²) in [4.78, 5) is 39.3. The molecule has 0 spiro atoms. The molecule has 1 aliphatic heterocycles. The number of rotatable bonds is 6. The molecule has 10 nitrogen and oxygen atoms in total. The van der Waals surface area contributed by atoms with Gasteiger partial charge in [0, 0.05) is 37.1 Å². The molecule has 2 aromatic rings. The van der Waals surface area contributed by atoms with E-state index in [4.69, 9.17) is 0 Å². The number of nitro groups is 2. The highest BCUT2D eigenvalue weighted by Crippen LogP contribution is 2.35. The molecule has 3 rings (SSSR count). The summed E-state index contributed by atoms with van der Waals surface area (Å²) in [7, 11) is 2.00. The Hall–Kier alpha value is -3.40. The van der Waals surface area contributed by atoms with Crippen LogP contribution in [0.15, 0.2) is 42.7 Å². The smallest absolute Gasteiger partial charge is 0.277 e. The zero-order valence-corrected chi connectivity index (χ0v) is 15.1. The monoisotopic (exact) mass is 385 g/mol. The first kappa shape index (κ1) is 19.4. The second-order valence-corrected chi connectivity index (χ2v) is 6.72. The van der Waals surface area contributed by atoms with E-state index < -0.39 is 27.1 Å². The molecule has 0 bridgehead atoms. The maximum atomic E-state index is 12.5. The number of benzene rings is 1. The number of pyridine rings is 1. The minimum atomic E-state index is -0.756. The number of hydrogen-bond donors (Lipinski definition) is 1. The normalized spacial score (nSPS) is 19.3. The number of aromatic nitrogens is 1. The van der Waals surface area contributed by atoms with Crippen LogP contribution in [-0.2, 0) is 0 Å². The van der Waals surface area contributed by atoms with Crippen LogP contribution in [-0.4, -0.2) is 45.8 Å². The Balaban J connectivity index is 1.75. The zero-order valence-electron chi connectivity index (χ0n) is 15.1. The van der Waals surface area contributed by atoms with E-state index in [-0.39, 0.29) is 17.5 Å². The van der Waals surface area contributed by atoms with Gasteiger partial charge in [0.2, 0.25) is 0 Å². The number of amides is 1. The van der Waals surface area contributed by atoms with E-state index in [0.717, 1.165) is 36.7 Å². The SMILES string of the molecule is CN1CC[C@@H](CNC(=O)c2cc([N+](=O)[O-])cc([N+](=O)[O-])c2)[C@@H]1c1cccnc1. The molecule has 0 aliphatic carbocycles. The lowest BCUT2D eigenvalue weighted by Crippen LogP contribution is -2.32. The van der Waals surface area contributed by atoms with Crippen LogP contribution < -0.4 is 5.32 Å². The van der Waals surface area contributed by atoms with Crippen LogP contribution in [0.3, 0.4) is 0 Å². The first-order valence-electron chi connectivity index (χ1n) is 8.69. The van der Waals surface area contributed by atoms with Gasteiger partial charge in [-0.15, -0.1) is 0 Å². The first-order valence-corrected chi connectivity index (χ1v) is 8.69. The zero-order chi connectivity index (χ0) is 20.3. The molecule has 1 N–H and O–H groups in total. The van der Waals surface area contributed by atoms with Crippen molar-refractivity contribution in [3.63, 3.8) is 0 Å². The van der Waals surface area contributed by atoms with Crippen molar-refractivity contribution < 1.29 is 14.6 Å². The van der Waals surface area contributed by atoms with Gasteiger partial charge in [-0.05, 0) is 37.6 Å². The molecular formula is C18H19N5O5. The fraction of sp³-hybridized carbons (Fsp3) is 0.333. The molecule has 2 heterocycles. The average Bonchev–Trinajstić information content (AvgIpc) is 3.06. The Morgan fingerprint density at radius 2 is 1.93 bits per heavy atom. The molecule has 0 unspecified atom stereocenters. The summed E-state index contributed by atoms with van der Waals surface area (Å²) < 4.78 is 0. The molecule has 0 radical (unpaired) electrons. The van der Waals surface area contributed by atoms with Gasteiger partial charge in [-0.2, -0.15) is 0 Å². The number of nitro benzene ring substituents is 2. The molecule has 1 fully saturated rings. The molecule has 146 valence electrons. The molecule has 1 amide bonds. The highest BCUT2D eigenvalue weighted by molar-refractivity contribution is 5.95. The topological polar surface area (TPSA) is 132 Å². The standard InChI is InChI=1S/C18H19N5O5/c1-21-6-4-13(17(21)12-3-2-5-19-10-12)11-20-18(24)14-7-15(22(25)26)9-16(8-14)23(27)28/h2-3,5,7-10,13,17H,4,6,11H2,1H3,(H,20,24)/t13-,17-/m0/s1. The number of likely N-dealkylation sites (tertiary alicyclic amines) is 1. The number of non-ortho nitro benzene ring substituents is 2. The molecule has 2 atom stereocenters. The maximum absolute atomic E-state index is 12.5. The molecular weight excluding hydrogens is 366 g/mol. The number of nitrogens with zero attached hydrogens (tertiary/aromatic N) is 4. The van der Waals surface area contributed by atoms with Crippen LogP contribution in [0, 0.1) is 26.1 Å². The van der Waals surface area contributed by atoms with Gasteiger partial charge in [-0.25, -0.2) is 0 Å². The second kappa shape index (κ2) is 8.09. The fourth-order valence-corrected chi connectivity index (χ4v) is 3.58. The van der Waals surface area contributed by atoms with Gasteiger partial charge in [0.15, 0.2) is 0 Å². The lowest BCUT2D eigenvalue weighted by Gasteiger charge is -2.25. The lowest BCUT2D eigenvalue weighted by molar-refractivity contribution is -0.394. The summed E-state index contributed by atoms with van der Waals surface area (Å²) >= 11 is 0. The number of carbonyl (C=O) groups is 1. The van der Waals surface area contributed by atoms with Crippen molar-refractivity contribution >= 4 is 17.3 Å². The molecule has 1 saturated heterocycles. The Morgan fingerprint density at radius 3 is 2.50 bits per heavy atom. The van der Waals surface area contributed by atoms with Crippen molar-refractivity contribution in [2.45, 2.75) is 12.5 Å². The third-order valence-corrected chi connectivity index (χ3v) is 4.91. The van der Waals surface area contributed by atoms with Crippen LogP contribution in [0.25, 0.3) is 0 Å². The van der Waals surface area contributed by atoms with Gasteiger partial charge in [-0.3, -0.25) is 34.9 Å². The van der Waals surface area contributed by atoms with Gasteiger partial charge < -0.3 is 5.32 Å². The maximum Gasteiger partial charge on any atom is 0.277 e. The van der Waals surface area contributed by atoms with Crippen molar-refractivity contribution in [3.05, 3.63) is 74.1 Å². The van der Waals surface area contributed by atoms with Crippen molar-refractivity contribution in [1.29, 1.82) is 0 Å². The van der Waals surface area contributed by atoms with Gasteiger partial charge >= 0.3 is 0 Å². The Kier molecular flexibility index (Phi) is 5.59. The Morgan fingerprint density at radius 1 is 1.25 bits per heavy atom. The van der Waals surface area contributed by atoms with Crippen LogP contribution in [0.5, 0.6) is 0 Å². The summed E-state index contributed by atoms with van der Waals surface area (Å²) in [6.07, 6.45) is 4.36. The number of carbonyl (C=O) groups excluding carboxylic acids is 1. The van der Waals surface area contributed by atoms with Crippen LogP contribution in [0.1, 0.15) is 28.4 Å². The third-order valence-electron chi connectivity index (χ3n) is 4.91. The summed E-state index contributed by atoms with van der Waals surface area (Å²) in [6.45, 7) is 1.21. The van der Waals surface area contributed by atoms with Crippen molar-refractivity contribution in [3.8, 4) is 0 Å². The van der Waals surface area contributed by atoms with E-state index in [2.05, 4.69) is 15.2 Å². The summed E-state index contributed by atoms with van der Waals surface area (Å²) in [6, 6.07) is 6.86. The van der Waals surface area contributed by atoms with E-state index >= 15 is 0 Å².